The van der Waals surface area contributed by atoms with Gasteiger partial charge < -0.3 is 10.6 Å². The lowest BCUT2D eigenvalue weighted by Gasteiger charge is -2.33. The molecule has 0 amide bonds. The van der Waals surface area contributed by atoms with Crippen LogP contribution in [0.4, 0.5) is 0 Å². The first-order valence-corrected chi connectivity index (χ1v) is 7.09. The fraction of sp³-hybridized carbons (Fsp3) is 1.00. The molecular formula is C14H30N2. The van der Waals surface area contributed by atoms with Gasteiger partial charge in [0.15, 0.2) is 0 Å². The summed E-state index contributed by atoms with van der Waals surface area (Å²) >= 11 is 0. The largest absolute Gasteiger partial charge is 0.328 e. The molecule has 0 bridgehead atoms. The number of likely N-dealkylation sites (tertiary alicyclic amines) is 1. The van der Waals surface area contributed by atoms with E-state index in [0.717, 1.165) is 18.3 Å². The Bertz CT molecular complexity index is 172. The Morgan fingerprint density at radius 3 is 2.38 bits per heavy atom. The smallest absolute Gasteiger partial charge is 0.00363 e. The third kappa shape index (κ3) is 5.31. The highest BCUT2D eigenvalue weighted by atomic mass is 15.1. The molecule has 2 nitrogen and oxygen atoms in total. The Morgan fingerprint density at radius 2 is 1.88 bits per heavy atom. The van der Waals surface area contributed by atoms with E-state index in [4.69, 9.17) is 5.73 Å². The molecule has 2 N–H and O–H groups in total. The predicted octanol–water partition coefficient (Wildman–Crippen LogP) is 2.87. The summed E-state index contributed by atoms with van der Waals surface area (Å²) in [7, 11) is 0. The molecule has 1 unspecified atom stereocenters. The fourth-order valence-electron chi connectivity index (χ4n) is 2.63. The minimum Gasteiger partial charge on any atom is -0.328 e. The Hall–Kier alpha value is -0.0800. The van der Waals surface area contributed by atoms with Crippen molar-refractivity contribution in [3.8, 4) is 0 Å². The van der Waals surface area contributed by atoms with Crippen molar-refractivity contribution in [1.82, 2.24) is 4.90 Å². The van der Waals surface area contributed by atoms with Crippen LogP contribution in [0, 0.1) is 11.8 Å². The molecule has 0 aromatic carbocycles. The van der Waals surface area contributed by atoms with Crippen LogP contribution in [0.3, 0.4) is 0 Å². The van der Waals surface area contributed by atoms with E-state index in [2.05, 4.69) is 25.7 Å². The first kappa shape index (κ1) is 14.0. The van der Waals surface area contributed by atoms with Gasteiger partial charge >= 0.3 is 0 Å². The maximum Gasteiger partial charge on any atom is 0.00363 e. The van der Waals surface area contributed by atoms with E-state index in [-0.39, 0.29) is 0 Å². The van der Waals surface area contributed by atoms with Crippen LogP contribution in [0.15, 0.2) is 0 Å². The van der Waals surface area contributed by atoms with Crippen LogP contribution in [-0.4, -0.2) is 30.6 Å². The standard InChI is InChI=1S/C14H30N2/c1-4-14(15)6-5-13-7-9-16(10-8-13)11-12(2)3/h12-14H,4-11,15H2,1-3H3. The number of piperidine rings is 1. The molecule has 0 saturated carbocycles. The number of rotatable bonds is 6. The van der Waals surface area contributed by atoms with Crippen molar-refractivity contribution in [2.24, 2.45) is 17.6 Å². The summed E-state index contributed by atoms with van der Waals surface area (Å²) in [5, 5.41) is 0. The van der Waals surface area contributed by atoms with Crippen LogP contribution in [0.1, 0.15) is 52.9 Å². The summed E-state index contributed by atoms with van der Waals surface area (Å²) in [5.41, 5.74) is 5.97. The molecule has 16 heavy (non-hydrogen) atoms. The lowest BCUT2D eigenvalue weighted by atomic mass is 9.90. The van der Waals surface area contributed by atoms with E-state index >= 15 is 0 Å². The molecule has 1 atom stereocenters. The summed E-state index contributed by atoms with van der Waals surface area (Å²) in [6.07, 6.45) is 6.49. The second-order valence-electron chi connectivity index (χ2n) is 5.88. The van der Waals surface area contributed by atoms with Crippen LogP contribution in [0.25, 0.3) is 0 Å². The summed E-state index contributed by atoms with van der Waals surface area (Å²) in [5.74, 6) is 1.76. The molecule has 0 aliphatic carbocycles. The summed E-state index contributed by atoms with van der Waals surface area (Å²) < 4.78 is 0. The SMILES string of the molecule is CCC(N)CCC1CCN(CC(C)C)CC1. The summed E-state index contributed by atoms with van der Waals surface area (Å²) in [6.45, 7) is 10.7. The maximum atomic E-state index is 5.97. The van der Waals surface area contributed by atoms with E-state index in [1.807, 2.05) is 0 Å². The Kier molecular flexibility index (Phi) is 6.37. The lowest BCUT2D eigenvalue weighted by molar-refractivity contribution is 0.161. The highest BCUT2D eigenvalue weighted by Gasteiger charge is 2.19. The average molecular weight is 226 g/mol. The van der Waals surface area contributed by atoms with Gasteiger partial charge in [0.25, 0.3) is 0 Å². The van der Waals surface area contributed by atoms with E-state index in [0.29, 0.717) is 6.04 Å². The van der Waals surface area contributed by atoms with Crippen LogP contribution in [0.2, 0.25) is 0 Å². The topological polar surface area (TPSA) is 29.3 Å². The summed E-state index contributed by atoms with van der Waals surface area (Å²) in [4.78, 5) is 2.63. The highest BCUT2D eigenvalue weighted by Crippen LogP contribution is 2.23. The zero-order chi connectivity index (χ0) is 12.0. The number of nitrogens with zero attached hydrogens (tertiary/aromatic N) is 1. The molecule has 2 heteroatoms. The molecule has 0 spiro atoms. The molecule has 1 heterocycles. The van der Waals surface area contributed by atoms with Crippen LogP contribution >= 0.6 is 0 Å². The Balaban J connectivity index is 2.12. The molecular weight excluding hydrogens is 196 g/mol. The zero-order valence-electron chi connectivity index (χ0n) is 11.4. The van der Waals surface area contributed by atoms with E-state index in [1.165, 1.54) is 45.3 Å². The van der Waals surface area contributed by atoms with Crippen molar-refractivity contribution in [3.63, 3.8) is 0 Å². The monoisotopic (exact) mass is 226 g/mol. The van der Waals surface area contributed by atoms with Gasteiger partial charge in [-0.05, 0) is 57.0 Å². The van der Waals surface area contributed by atoms with Crippen LogP contribution in [0.5, 0.6) is 0 Å². The zero-order valence-corrected chi connectivity index (χ0v) is 11.4. The third-order valence-electron chi connectivity index (χ3n) is 3.80. The lowest BCUT2D eigenvalue weighted by Crippen LogP contribution is -2.36. The quantitative estimate of drug-likeness (QED) is 0.754. The molecule has 1 fully saturated rings. The predicted molar refractivity (Wildman–Crippen MR) is 71.5 cm³/mol. The van der Waals surface area contributed by atoms with Crippen molar-refractivity contribution in [1.29, 1.82) is 0 Å². The highest BCUT2D eigenvalue weighted by molar-refractivity contribution is 4.74. The van der Waals surface area contributed by atoms with Crippen molar-refractivity contribution in [2.45, 2.75) is 58.9 Å². The number of nitrogens with two attached hydrogens (primary N) is 1. The molecule has 1 aliphatic rings. The number of hydrogen-bond donors (Lipinski definition) is 1. The molecule has 0 aromatic rings. The molecule has 1 aliphatic heterocycles. The van der Waals surface area contributed by atoms with Gasteiger partial charge in [0.1, 0.15) is 0 Å². The van der Waals surface area contributed by atoms with Crippen molar-refractivity contribution < 1.29 is 0 Å². The van der Waals surface area contributed by atoms with Gasteiger partial charge in [-0.3, -0.25) is 0 Å². The Labute approximate surface area is 102 Å². The molecule has 0 aromatic heterocycles. The van der Waals surface area contributed by atoms with Gasteiger partial charge in [-0.2, -0.15) is 0 Å². The van der Waals surface area contributed by atoms with Crippen molar-refractivity contribution in [3.05, 3.63) is 0 Å². The van der Waals surface area contributed by atoms with Crippen LogP contribution < -0.4 is 5.73 Å². The fourth-order valence-corrected chi connectivity index (χ4v) is 2.63. The van der Waals surface area contributed by atoms with Gasteiger partial charge in [-0.25, -0.2) is 0 Å². The van der Waals surface area contributed by atoms with Crippen molar-refractivity contribution >= 4 is 0 Å². The molecule has 1 rings (SSSR count). The molecule has 0 radical (unpaired) electrons. The minimum atomic E-state index is 0.439. The third-order valence-corrected chi connectivity index (χ3v) is 3.80. The second-order valence-corrected chi connectivity index (χ2v) is 5.88. The van der Waals surface area contributed by atoms with Gasteiger partial charge in [-0.1, -0.05) is 20.8 Å². The normalized spacial score (nSPS) is 21.6. The molecule has 1 saturated heterocycles. The van der Waals surface area contributed by atoms with Gasteiger partial charge in [-0.15, -0.1) is 0 Å². The first-order chi connectivity index (χ1) is 7.61. The average Bonchev–Trinajstić information content (AvgIpc) is 2.27. The van der Waals surface area contributed by atoms with E-state index in [1.54, 1.807) is 0 Å². The number of hydrogen-bond acceptors (Lipinski definition) is 2. The van der Waals surface area contributed by atoms with E-state index in [9.17, 15) is 0 Å². The van der Waals surface area contributed by atoms with Crippen molar-refractivity contribution in [2.75, 3.05) is 19.6 Å². The second kappa shape index (κ2) is 7.29. The van der Waals surface area contributed by atoms with Gasteiger partial charge in [0.2, 0.25) is 0 Å². The van der Waals surface area contributed by atoms with E-state index < -0.39 is 0 Å². The maximum absolute atomic E-state index is 5.97. The van der Waals surface area contributed by atoms with Crippen LogP contribution in [-0.2, 0) is 0 Å². The van der Waals surface area contributed by atoms with Gasteiger partial charge in [0, 0.05) is 12.6 Å². The first-order valence-electron chi connectivity index (χ1n) is 7.09. The molecule has 96 valence electrons. The van der Waals surface area contributed by atoms with Gasteiger partial charge in [0.05, 0.1) is 0 Å². The summed E-state index contributed by atoms with van der Waals surface area (Å²) in [6, 6.07) is 0.439. The Morgan fingerprint density at radius 1 is 1.25 bits per heavy atom. The minimum absolute atomic E-state index is 0.439.